The van der Waals surface area contributed by atoms with Gasteiger partial charge < -0.3 is 9.88 Å². The number of aromatic nitrogens is 1. The number of rotatable bonds is 5. The molecule has 0 saturated heterocycles. The first-order valence-corrected chi connectivity index (χ1v) is 10.00. The molecule has 0 fully saturated rings. The smallest absolute Gasteiger partial charge is 0.268 e. The van der Waals surface area contributed by atoms with Crippen LogP contribution in [-0.2, 0) is 13.1 Å². The zero-order chi connectivity index (χ0) is 19.7. The largest absolute Gasteiger partial charge is 0.347 e. The first-order chi connectivity index (χ1) is 13.5. The molecule has 0 bridgehead atoms. The summed E-state index contributed by atoms with van der Waals surface area (Å²) in [5, 5.41) is 3.00. The van der Waals surface area contributed by atoms with E-state index < -0.39 is 0 Å². The van der Waals surface area contributed by atoms with Gasteiger partial charge in [0.25, 0.3) is 5.91 Å². The summed E-state index contributed by atoms with van der Waals surface area (Å²) in [5.41, 5.74) is 4.30. The number of nitrogens with one attached hydrogen (secondary N) is 1. The van der Waals surface area contributed by atoms with Crippen LogP contribution in [0.1, 0.15) is 32.1 Å². The molecule has 0 spiro atoms. The summed E-state index contributed by atoms with van der Waals surface area (Å²) in [6.45, 7) is 4.84. The highest BCUT2D eigenvalue weighted by Crippen LogP contribution is 2.29. The van der Waals surface area contributed by atoms with Gasteiger partial charge in [-0.1, -0.05) is 48.0 Å². The van der Waals surface area contributed by atoms with Crippen molar-refractivity contribution in [1.82, 2.24) is 9.88 Å². The molecule has 0 aliphatic rings. The van der Waals surface area contributed by atoms with E-state index in [4.69, 9.17) is 0 Å². The summed E-state index contributed by atoms with van der Waals surface area (Å²) in [4.78, 5) is 14.1. The van der Waals surface area contributed by atoms with Gasteiger partial charge in [0.2, 0.25) is 0 Å². The maximum absolute atomic E-state index is 14.2. The van der Waals surface area contributed by atoms with Crippen LogP contribution in [0, 0.1) is 19.7 Å². The van der Waals surface area contributed by atoms with Gasteiger partial charge in [0.15, 0.2) is 0 Å². The minimum Gasteiger partial charge on any atom is -0.347 e. The van der Waals surface area contributed by atoms with Gasteiger partial charge in [-0.25, -0.2) is 4.39 Å². The van der Waals surface area contributed by atoms with Crippen molar-refractivity contribution in [2.24, 2.45) is 0 Å². The molecular weight excluding hydrogens is 371 g/mol. The van der Waals surface area contributed by atoms with Crippen molar-refractivity contribution in [1.29, 1.82) is 0 Å². The van der Waals surface area contributed by atoms with Crippen LogP contribution in [0.4, 0.5) is 4.39 Å². The van der Waals surface area contributed by atoms with E-state index in [1.807, 2.05) is 48.7 Å². The minimum absolute atomic E-state index is 0.154. The van der Waals surface area contributed by atoms with E-state index in [1.165, 1.54) is 10.9 Å². The van der Waals surface area contributed by atoms with E-state index in [2.05, 4.69) is 17.4 Å². The number of amides is 1. The lowest BCUT2D eigenvalue weighted by Crippen LogP contribution is -2.25. The number of benzene rings is 2. The normalized spacial score (nSPS) is 11.1. The highest BCUT2D eigenvalue weighted by atomic mass is 32.1. The molecule has 0 saturated carbocycles. The zero-order valence-corrected chi connectivity index (χ0v) is 16.6. The number of carbonyl (C=O) groups excluding carboxylic acids is 1. The van der Waals surface area contributed by atoms with Gasteiger partial charge >= 0.3 is 0 Å². The van der Waals surface area contributed by atoms with Crippen molar-refractivity contribution in [3.05, 3.63) is 93.7 Å². The summed E-state index contributed by atoms with van der Waals surface area (Å²) in [6, 6.07) is 18.7. The van der Waals surface area contributed by atoms with E-state index >= 15 is 0 Å². The topological polar surface area (TPSA) is 34.0 Å². The number of fused-ring (bicyclic) bond motifs is 1. The van der Waals surface area contributed by atoms with Crippen molar-refractivity contribution in [2.75, 3.05) is 0 Å². The van der Waals surface area contributed by atoms with Crippen LogP contribution in [0.3, 0.4) is 0 Å². The quantitative estimate of drug-likeness (QED) is 0.482. The van der Waals surface area contributed by atoms with Gasteiger partial charge in [0.1, 0.15) is 11.5 Å². The average molecular weight is 392 g/mol. The van der Waals surface area contributed by atoms with E-state index in [1.54, 1.807) is 23.5 Å². The van der Waals surface area contributed by atoms with Crippen molar-refractivity contribution in [3.8, 4) is 0 Å². The van der Waals surface area contributed by atoms with Crippen LogP contribution in [0.15, 0.2) is 60.7 Å². The van der Waals surface area contributed by atoms with E-state index in [0.29, 0.717) is 24.3 Å². The molecule has 4 aromatic rings. The predicted octanol–water partition coefficient (Wildman–Crippen LogP) is 5.44. The Morgan fingerprint density at radius 2 is 1.89 bits per heavy atom. The Morgan fingerprint density at radius 3 is 2.68 bits per heavy atom. The van der Waals surface area contributed by atoms with E-state index in [9.17, 15) is 9.18 Å². The molecule has 0 aliphatic heterocycles. The Kier molecular flexibility index (Phi) is 5.01. The van der Waals surface area contributed by atoms with Crippen molar-refractivity contribution in [3.63, 3.8) is 0 Å². The fraction of sp³-hybridized carbons (Fsp3) is 0.174. The molecule has 3 nitrogen and oxygen atoms in total. The number of halogens is 1. The Hall–Kier alpha value is -2.92. The molecule has 0 atom stereocenters. The second-order valence-corrected chi connectivity index (χ2v) is 8.27. The van der Waals surface area contributed by atoms with E-state index in [0.717, 1.165) is 21.3 Å². The third kappa shape index (κ3) is 3.71. The van der Waals surface area contributed by atoms with E-state index in [-0.39, 0.29) is 11.7 Å². The Balaban J connectivity index is 1.65. The lowest BCUT2D eigenvalue weighted by atomic mass is 10.1. The summed E-state index contributed by atoms with van der Waals surface area (Å²) in [6.07, 6.45) is 0. The number of carbonyl (C=O) groups is 1. The van der Waals surface area contributed by atoms with Crippen LogP contribution in [0.5, 0.6) is 0 Å². The Bertz CT molecular complexity index is 1160. The number of thiophene rings is 1. The van der Waals surface area contributed by atoms with Crippen LogP contribution in [0.2, 0.25) is 0 Å². The summed E-state index contributed by atoms with van der Waals surface area (Å²) < 4.78 is 17.2. The van der Waals surface area contributed by atoms with Crippen LogP contribution < -0.4 is 5.32 Å². The first-order valence-electron chi connectivity index (χ1n) is 9.18. The molecule has 0 aliphatic carbocycles. The molecule has 142 valence electrons. The van der Waals surface area contributed by atoms with Crippen molar-refractivity contribution in [2.45, 2.75) is 26.9 Å². The standard InChI is InChI=1S/C23H21FN2OS/c1-15-6-5-7-17(10-15)13-25-23(27)21-12-22-20(11-16(2)28-22)26(21)14-18-8-3-4-9-19(18)24/h3-12H,13-14H2,1-2H3,(H,25,27). The second kappa shape index (κ2) is 7.60. The average Bonchev–Trinajstić information content (AvgIpc) is 3.18. The maximum atomic E-state index is 14.2. The molecule has 2 aromatic carbocycles. The molecule has 4 rings (SSSR count). The van der Waals surface area contributed by atoms with Crippen molar-refractivity contribution < 1.29 is 9.18 Å². The molecule has 2 heterocycles. The molecule has 2 aromatic heterocycles. The van der Waals surface area contributed by atoms with Gasteiger partial charge in [-0.05, 0) is 37.6 Å². The van der Waals surface area contributed by atoms with Gasteiger partial charge in [0.05, 0.1) is 16.8 Å². The maximum Gasteiger partial charge on any atom is 0.268 e. The van der Waals surface area contributed by atoms with Crippen LogP contribution in [-0.4, -0.2) is 10.5 Å². The molecule has 5 heteroatoms. The van der Waals surface area contributed by atoms with Gasteiger partial charge in [-0.2, -0.15) is 0 Å². The minimum atomic E-state index is -0.262. The third-order valence-corrected chi connectivity index (χ3v) is 5.75. The Morgan fingerprint density at radius 1 is 1.07 bits per heavy atom. The summed E-state index contributed by atoms with van der Waals surface area (Å²) >= 11 is 1.64. The second-order valence-electron chi connectivity index (χ2n) is 6.99. The predicted molar refractivity (Wildman–Crippen MR) is 112 cm³/mol. The number of hydrogen-bond donors (Lipinski definition) is 1. The summed E-state index contributed by atoms with van der Waals surface area (Å²) in [7, 11) is 0. The molecule has 1 N–H and O–H groups in total. The first kappa shape index (κ1) is 18.4. The molecule has 28 heavy (non-hydrogen) atoms. The van der Waals surface area contributed by atoms with Gasteiger partial charge in [-0.3, -0.25) is 4.79 Å². The van der Waals surface area contributed by atoms with Crippen LogP contribution in [0.25, 0.3) is 10.2 Å². The zero-order valence-electron chi connectivity index (χ0n) is 15.8. The SMILES string of the molecule is Cc1cccc(CNC(=O)c2cc3sc(C)cc3n2Cc2ccccc2F)c1. The third-order valence-electron chi connectivity index (χ3n) is 4.77. The lowest BCUT2D eigenvalue weighted by molar-refractivity contribution is 0.0942. The fourth-order valence-electron chi connectivity index (χ4n) is 3.42. The van der Waals surface area contributed by atoms with Gasteiger partial charge in [-0.15, -0.1) is 11.3 Å². The molecule has 0 radical (unpaired) electrons. The molecule has 1 amide bonds. The summed E-state index contributed by atoms with van der Waals surface area (Å²) in [5.74, 6) is -0.415. The molecule has 0 unspecified atom stereocenters. The lowest BCUT2D eigenvalue weighted by Gasteiger charge is -2.12. The number of aryl methyl sites for hydroxylation is 2. The van der Waals surface area contributed by atoms with Crippen LogP contribution >= 0.6 is 11.3 Å². The molecular formula is C23H21FN2OS. The highest BCUT2D eigenvalue weighted by Gasteiger charge is 2.18. The van der Waals surface area contributed by atoms with Crippen molar-refractivity contribution >= 4 is 27.5 Å². The highest BCUT2D eigenvalue weighted by molar-refractivity contribution is 7.19. The van der Waals surface area contributed by atoms with Gasteiger partial charge in [0, 0.05) is 17.0 Å². The fourth-order valence-corrected chi connectivity index (χ4v) is 4.38. The number of hydrogen-bond acceptors (Lipinski definition) is 2. The number of nitrogens with zero attached hydrogens (tertiary/aromatic N) is 1. The Labute approximate surface area is 167 Å². The monoisotopic (exact) mass is 392 g/mol.